The molecule has 0 aliphatic heterocycles. The Bertz CT molecular complexity index is 600. The summed E-state index contributed by atoms with van der Waals surface area (Å²) < 4.78 is 5.35. The zero-order chi connectivity index (χ0) is 14.5. The van der Waals surface area contributed by atoms with Gasteiger partial charge in [-0.3, -0.25) is 4.79 Å². The number of anilines is 1. The Balaban J connectivity index is 1.98. The second-order valence-electron chi connectivity index (χ2n) is 4.91. The number of aryl methyl sites for hydroxylation is 2. The molecule has 0 saturated heterocycles. The Morgan fingerprint density at radius 3 is 2.35 bits per heavy atom. The van der Waals surface area contributed by atoms with Gasteiger partial charge in [-0.25, -0.2) is 0 Å². The third-order valence-corrected chi connectivity index (χ3v) is 3.41. The van der Waals surface area contributed by atoms with Gasteiger partial charge in [0.25, 0.3) is 0 Å². The number of carbonyl (C=O) groups excluding carboxylic acids is 1. The maximum Gasteiger partial charge on any atom is 0.310 e. The summed E-state index contributed by atoms with van der Waals surface area (Å²) in [5, 5.41) is 0. The van der Waals surface area contributed by atoms with Gasteiger partial charge in [0.1, 0.15) is 6.61 Å². The Kier molecular flexibility index (Phi) is 4.41. The number of hydrogen-bond acceptors (Lipinski definition) is 3. The number of para-hydroxylation sites is 1. The lowest BCUT2D eigenvalue weighted by atomic mass is 10.0. The lowest BCUT2D eigenvalue weighted by Gasteiger charge is -2.11. The predicted molar refractivity (Wildman–Crippen MR) is 80.3 cm³/mol. The molecular formula is C17H19NO2. The average Bonchev–Trinajstić information content (AvgIpc) is 2.41. The molecule has 0 atom stereocenters. The van der Waals surface area contributed by atoms with Crippen molar-refractivity contribution in [1.29, 1.82) is 0 Å². The van der Waals surface area contributed by atoms with E-state index in [1.165, 1.54) is 0 Å². The minimum absolute atomic E-state index is 0.206. The van der Waals surface area contributed by atoms with Crippen LogP contribution in [0.4, 0.5) is 5.69 Å². The van der Waals surface area contributed by atoms with Crippen LogP contribution >= 0.6 is 0 Å². The highest BCUT2D eigenvalue weighted by molar-refractivity contribution is 5.74. The number of esters is 1. The molecule has 0 saturated carbocycles. The van der Waals surface area contributed by atoms with Crippen molar-refractivity contribution in [2.75, 3.05) is 5.73 Å². The van der Waals surface area contributed by atoms with Crippen LogP contribution in [0.25, 0.3) is 0 Å². The molecule has 0 aliphatic carbocycles. The van der Waals surface area contributed by atoms with Gasteiger partial charge in [-0.2, -0.15) is 0 Å². The van der Waals surface area contributed by atoms with Gasteiger partial charge >= 0.3 is 5.97 Å². The quantitative estimate of drug-likeness (QED) is 0.685. The fraction of sp³-hybridized carbons (Fsp3) is 0.235. The lowest BCUT2D eigenvalue weighted by molar-refractivity contribution is -0.144. The molecule has 0 aliphatic rings. The van der Waals surface area contributed by atoms with E-state index in [1.807, 2.05) is 50.2 Å². The van der Waals surface area contributed by atoms with Gasteiger partial charge in [0.2, 0.25) is 0 Å². The molecule has 0 unspecified atom stereocenters. The minimum Gasteiger partial charge on any atom is -0.461 e. The van der Waals surface area contributed by atoms with Crippen molar-refractivity contribution in [3.63, 3.8) is 0 Å². The van der Waals surface area contributed by atoms with Crippen LogP contribution in [-0.4, -0.2) is 5.97 Å². The van der Waals surface area contributed by atoms with E-state index >= 15 is 0 Å². The molecule has 0 aromatic heterocycles. The SMILES string of the molecule is Cc1cccc(C)c1COC(=O)Cc1ccccc1N. The molecule has 2 aromatic carbocycles. The number of ether oxygens (including phenoxy) is 1. The molecule has 3 heteroatoms. The molecule has 0 bridgehead atoms. The Hall–Kier alpha value is -2.29. The van der Waals surface area contributed by atoms with Gasteiger partial charge in [-0.05, 0) is 42.2 Å². The number of nitrogens with two attached hydrogens (primary N) is 1. The standard InChI is InChI=1S/C17H19NO2/c1-12-6-5-7-13(2)15(12)11-20-17(19)10-14-8-3-4-9-16(14)18/h3-9H,10-11,18H2,1-2H3. The van der Waals surface area contributed by atoms with E-state index in [9.17, 15) is 4.79 Å². The fourth-order valence-electron chi connectivity index (χ4n) is 2.13. The first-order valence-corrected chi connectivity index (χ1v) is 6.62. The molecule has 0 amide bonds. The van der Waals surface area contributed by atoms with Gasteiger partial charge in [0, 0.05) is 5.69 Å². The third kappa shape index (κ3) is 3.38. The number of rotatable bonds is 4. The predicted octanol–water partition coefficient (Wildman–Crippen LogP) is 3.17. The first kappa shape index (κ1) is 14.1. The van der Waals surface area contributed by atoms with E-state index in [-0.39, 0.29) is 12.4 Å². The van der Waals surface area contributed by atoms with Gasteiger partial charge in [-0.1, -0.05) is 36.4 Å². The van der Waals surface area contributed by atoms with Crippen LogP contribution in [-0.2, 0) is 22.6 Å². The summed E-state index contributed by atoms with van der Waals surface area (Å²) in [6.07, 6.45) is 0.206. The topological polar surface area (TPSA) is 52.3 Å². The van der Waals surface area contributed by atoms with Crippen LogP contribution in [0.15, 0.2) is 42.5 Å². The van der Waals surface area contributed by atoms with Crippen LogP contribution in [0.5, 0.6) is 0 Å². The van der Waals surface area contributed by atoms with Crippen LogP contribution < -0.4 is 5.73 Å². The summed E-state index contributed by atoms with van der Waals surface area (Å²) in [4.78, 5) is 11.9. The Morgan fingerprint density at radius 2 is 1.70 bits per heavy atom. The molecule has 2 rings (SSSR count). The van der Waals surface area contributed by atoms with Crippen molar-refractivity contribution in [1.82, 2.24) is 0 Å². The Labute approximate surface area is 119 Å². The average molecular weight is 269 g/mol. The molecule has 3 nitrogen and oxygen atoms in total. The van der Waals surface area contributed by atoms with E-state index in [4.69, 9.17) is 10.5 Å². The molecule has 2 N–H and O–H groups in total. The number of nitrogen functional groups attached to an aromatic ring is 1. The normalized spacial score (nSPS) is 10.3. The van der Waals surface area contributed by atoms with E-state index in [0.717, 1.165) is 22.3 Å². The monoisotopic (exact) mass is 269 g/mol. The van der Waals surface area contributed by atoms with E-state index in [1.54, 1.807) is 6.07 Å². The van der Waals surface area contributed by atoms with Crippen LogP contribution in [0.3, 0.4) is 0 Å². The highest BCUT2D eigenvalue weighted by atomic mass is 16.5. The highest BCUT2D eigenvalue weighted by Crippen LogP contribution is 2.16. The molecule has 0 spiro atoms. The number of carbonyl (C=O) groups is 1. The van der Waals surface area contributed by atoms with Crippen molar-refractivity contribution < 1.29 is 9.53 Å². The van der Waals surface area contributed by atoms with Crippen molar-refractivity contribution in [3.8, 4) is 0 Å². The first-order valence-electron chi connectivity index (χ1n) is 6.62. The fourth-order valence-corrected chi connectivity index (χ4v) is 2.13. The van der Waals surface area contributed by atoms with Crippen molar-refractivity contribution >= 4 is 11.7 Å². The molecule has 2 aromatic rings. The molecule has 0 radical (unpaired) electrons. The van der Waals surface area contributed by atoms with Gasteiger partial charge in [0.05, 0.1) is 6.42 Å². The van der Waals surface area contributed by atoms with Crippen molar-refractivity contribution in [3.05, 3.63) is 64.7 Å². The second-order valence-corrected chi connectivity index (χ2v) is 4.91. The van der Waals surface area contributed by atoms with Gasteiger partial charge in [-0.15, -0.1) is 0 Å². The molecule has 0 fully saturated rings. The lowest BCUT2D eigenvalue weighted by Crippen LogP contribution is -2.10. The summed E-state index contributed by atoms with van der Waals surface area (Å²) >= 11 is 0. The number of hydrogen-bond donors (Lipinski definition) is 1. The van der Waals surface area contributed by atoms with Crippen LogP contribution in [0.1, 0.15) is 22.3 Å². The maximum atomic E-state index is 11.9. The summed E-state index contributed by atoms with van der Waals surface area (Å²) in [6, 6.07) is 13.4. The third-order valence-electron chi connectivity index (χ3n) is 3.41. The Morgan fingerprint density at radius 1 is 1.05 bits per heavy atom. The van der Waals surface area contributed by atoms with E-state index in [2.05, 4.69) is 0 Å². The zero-order valence-corrected chi connectivity index (χ0v) is 11.8. The molecule has 0 heterocycles. The van der Waals surface area contributed by atoms with Gasteiger partial charge in [0.15, 0.2) is 0 Å². The smallest absolute Gasteiger partial charge is 0.310 e. The van der Waals surface area contributed by atoms with Gasteiger partial charge < -0.3 is 10.5 Å². The maximum absolute atomic E-state index is 11.9. The molecule has 20 heavy (non-hydrogen) atoms. The van der Waals surface area contributed by atoms with Crippen LogP contribution in [0, 0.1) is 13.8 Å². The number of benzene rings is 2. The summed E-state index contributed by atoms with van der Waals surface area (Å²) in [7, 11) is 0. The minimum atomic E-state index is -0.259. The second kappa shape index (κ2) is 6.24. The van der Waals surface area contributed by atoms with Crippen molar-refractivity contribution in [2.45, 2.75) is 26.9 Å². The molecule has 104 valence electrons. The molecular weight excluding hydrogens is 250 g/mol. The summed E-state index contributed by atoms with van der Waals surface area (Å²) in [6.45, 7) is 4.35. The van der Waals surface area contributed by atoms with E-state index < -0.39 is 0 Å². The zero-order valence-electron chi connectivity index (χ0n) is 11.8. The van der Waals surface area contributed by atoms with E-state index in [0.29, 0.717) is 12.3 Å². The van der Waals surface area contributed by atoms with Crippen molar-refractivity contribution in [2.24, 2.45) is 0 Å². The summed E-state index contributed by atoms with van der Waals surface area (Å²) in [5.41, 5.74) is 10.6. The van der Waals surface area contributed by atoms with Crippen LogP contribution in [0.2, 0.25) is 0 Å². The first-order chi connectivity index (χ1) is 9.58. The summed E-state index contributed by atoms with van der Waals surface area (Å²) in [5.74, 6) is -0.259. The highest BCUT2D eigenvalue weighted by Gasteiger charge is 2.09. The largest absolute Gasteiger partial charge is 0.461 e.